The Balaban J connectivity index is 2.02. The summed E-state index contributed by atoms with van der Waals surface area (Å²) in [5.74, 6) is 0.120. The Labute approximate surface area is 131 Å². The lowest BCUT2D eigenvalue weighted by Gasteiger charge is -2.09. The van der Waals surface area contributed by atoms with Crippen LogP contribution in [0.2, 0.25) is 0 Å². The molecule has 0 amide bonds. The minimum Gasteiger partial charge on any atom is -0.492 e. The van der Waals surface area contributed by atoms with Crippen molar-refractivity contribution < 1.29 is 14.3 Å². The molecule has 0 saturated heterocycles. The molecule has 6 heteroatoms. The van der Waals surface area contributed by atoms with Gasteiger partial charge >= 0.3 is 5.97 Å². The second-order valence-corrected chi connectivity index (χ2v) is 5.19. The molecule has 0 aliphatic carbocycles. The fourth-order valence-electron chi connectivity index (χ4n) is 1.73. The number of carbonyl (C=O) groups is 1. The van der Waals surface area contributed by atoms with Crippen molar-refractivity contribution >= 4 is 27.6 Å². The average molecular weight is 351 g/mol. The van der Waals surface area contributed by atoms with Gasteiger partial charge in [-0.1, -0.05) is 0 Å². The quantitative estimate of drug-likeness (QED) is 0.662. The number of nitrogens with two attached hydrogens (primary N) is 1. The molecule has 2 aromatic rings. The predicted octanol–water partition coefficient (Wildman–Crippen LogP) is 3.18. The molecule has 2 rings (SSSR count). The van der Waals surface area contributed by atoms with Crippen LogP contribution < -0.4 is 10.5 Å². The molecule has 5 nitrogen and oxygen atoms in total. The van der Waals surface area contributed by atoms with Gasteiger partial charge in [-0.2, -0.15) is 0 Å². The topological polar surface area (TPSA) is 74.4 Å². The zero-order chi connectivity index (χ0) is 15.2. The van der Waals surface area contributed by atoms with Gasteiger partial charge in [-0.3, -0.25) is 4.98 Å². The second-order valence-electron chi connectivity index (χ2n) is 4.27. The van der Waals surface area contributed by atoms with Gasteiger partial charge in [0.2, 0.25) is 0 Å². The van der Waals surface area contributed by atoms with E-state index in [0.29, 0.717) is 23.6 Å². The Bertz CT molecular complexity index is 647. The van der Waals surface area contributed by atoms with Crippen molar-refractivity contribution in [1.82, 2.24) is 4.98 Å². The molecule has 21 heavy (non-hydrogen) atoms. The summed E-state index contributed by atoms with van der Waals surface area (Å²) in [4.78, 5) is 16.0. The van der Waals surface area contributed by atoms with Gasteiger partial charge in [0.15, 0.2) is 0 Å². The molecule has 1 heterocycles. The van der Waals surface area contributed by atoms with Crippen molar-refractivity contribution in [1.29, 1.82) is 0 Å². The van der Waals surface area contributed by atoms with Gasteiger partial charge in [-0.25, -0.2) is 4.79 Å². The molecule has 1 aromatic carbocycles. The van der Waals surface area contributed by atoms with E-state index in [1.54, 1.807) is 30.6 Å². The van der Waals surface area contributed by atoms with Crippen molar-refractivity contribution in [3.63, 3.8) is 0 Å². The maximum atomic E-state index is 12.0. The Morgan fingerprint density at radius 2 is 2.14 bits per heavy atom. The monoisotopic (exact) mass is 350 g/mol. The Kier molecular flexibility index (Phi) is 5.16. The van der Waals surface area contributed by atoms with E-state index in [1.165, 1.54) is 0 Å². The summed E-state index contributed by atoms with van der Waals surface area (Å²) in [6, 6.07) is 6.68. The zero-order valence-electron chi connectivity index (χ0n) is 11.5. The molecule has 1 aromatic heterocycles. The molecule has 0 unspecified atom stereocenters. The molecule has 0 aliphatic rings. The van der Waals surface area contributed by atoms with Crippen LogP contribution in [0.15, 0.2) is 41.1 Å². The average Bonchev–Trinajstić information content (AvgIpc) is 2.47. The third-order valence-electron chi connectivity index (χ3n) is 2.68. The molecule has 0 fully saturated rings. The lowest BCUT2D eigenvalue weighted by atomic mass is 10.2. The number of rotatable bonds is 5. The van der Waals surface area contributed by atoms with Crippen LogP contribution in [0.25, 0.3) is 0 Å². The minimum absolute atomic E-state index is 0.151. The van der Waals surface area contributed by atoms with Crippen LogP contribution in [0, 0.1) is 0 Å². The van der Waals surface area contributed by atoms with Crippen LogP contribution in [-0.4, -0.2) is 17.6 Å². The van der Waals surface area contributed by atoms with Gasteiger partial charge in [-0.15, -0.1) is 0 Å². The van der Waals surface area contributed by atoms with Gasteiger partial charge in [0.1, 0.15) is 12.4 Å². The van der Waals surface area contributed by atoms with E-state index in [9.17, 15) is 4.79 Å². The van der Waals surface area contributed by atoms with Crippen LogP contribution >= 0.6 is 15.9 Å². The van der Waals surface area contributed by atoms with Gasteiger partial charge in [0.05, 0.1) is 17.9 Å². The Morgan fingerprint density at radius 1 is 1.33 bits per heavy atom. The highest BCUT2D eigenvalue weighted by Gasteiger charge is 2.10. The maximum absolute atomic E-state index is 12.0. The number of hydrogen-bond acceptors (Lipinski definition) is 5. The molecule has 0 saturated carbocycles. The van der Waals surface area contributed by atoms with E-state index in [4.69, 9.17) is 15.2 Å². The number of aromatic nitrogens is 1. The fourth-order valence-corrected chi connectivity index (χ4v) is 2.14. The Hall–Kier alpha value is -2.08. The van der Waals surface area contributed by atoms with E-state index in [0.717, 1.165) is 10.0 Å². The highest BCUT2D eigenvalue weighted by molar-refractivity contribution is 9.10. The number of ether oxygens (including phenoxy) is 2. The summed E-state index contributed by atoms with van der Waals surface area (Å²) < 4.78 is 11.4. The van der Waals surface area contributed by atoms with Crippen LogP contribution in [0.4, 0.5) is 5.69 Å². The number of hydrogen-bond donors (Lipinski definition) is 1. The normalized spacial score (nSPS) is 10.2. The van der Waals surface area contributed by atoms with Crippen molar-refractivity contribution in [3.05, 3.63) is 52.3 Å². The first-order chi connectivity index (χ1) is 10.1. The second kappa shape index (κ2) is 7.08. The van der Waals surface area contributed by atoms with E-state index in [2.05, 4.69) is 20.9 Å². The predicted molar refractivity (Wildman–Crippen MR) is 83.1 cm³/mol. The van der Waals surface area contributed by atoms with Gasteiger partial charge < -0.3 is 15.2 Å². The van der Waals surface area contributed by atoms with Crippen LogP contribution in [0.3, 0.4) is 0 Å². The molecule has 0 atom stereocenters. The summed E-state index contributed by atoms with van der Waals surface area (Å²) >= 11 is 3.31. The van der Waals surface area contributed by atoms with Crippen LogP contribution in [-0.2, 0) is 11.3 Å². The molecule has 2 N–H and O–H groups in total. The third-order valence-corrected chi connectivity index (χ3v) is 3.11. The van der Waals surface area contributed by atoms with E-state index >= 15 is 0 Å². The molecule has 0 bridgehead atoms. The van der Waals surface area contributed by atoms with Crippen LogP contribution in [0.1, 0.15) is 22.8 Å². The number of halogens is 1. The SMILES string of the molecule is CCOc1ccc(C(=O)OCc2cncc(Br)c2)cc1N. The van der Waals surface area contributed by atoms with Crippen LogP contribution in [0.5, 0.6) is 5.75 Å². The molecular weight excluding hydrogens is 336 g/mol. The first kappa shape index (κ1) is 15.3. The van der Waals surface area contributed by atoms with Crippen molar-refractivity contribution in [2.24, 2.45) is 0 Å². The number of esters is 1. The number of carbonyl (C=O) groups excluding carboxylic acids is 1. The van der Waals surface area contributed by atoms with Crippen molar-refractivity contribution in [2.75, 3.05) is 12.3 Å². The highest BCUT2D eigenvalue weighted by Crippen LogP contribution is 2.23. The molecule has 0 aliphatic heterocycles. The largest absolute Gasteiger partial charge is 0.492 e. The summed E-state index contributed by atoms with van der Waals surface area (Å²) in [5.41, 5.74) is 7.43. The van der Waals surface area contributed by atoms with Gasteiger partial charge in [-0.05, 0) is 47.1 Å². The molecule has 0 radical (unpaired) electrons. The fraction of sp³-hybridized carbons (Fsp3) is 0.200. The first-order valence-corrected chi connectivity index (χ1v) is 7.18. The first-order valence-electron chi connectivity index (χ1n) is 6.39. The smallest absolute Gasteiger partial charge is 0.338 e. The standard InChI is InChI=1S/C15H15BrN2O3/c1-2-20-14-4-3-11(6-13(14)17)15(19)21-9-10-5-12(16)8-18-7-10/h3-8H,2,9,17H2,1H3. The summed E-state index contributed by atoms with van der Waals surface area (Å²) in [5, 5.41) is 0. The highest BCUT2D eigenvalue weighted by atomic mass is 79.9. The summed E-state index contributed by atoms with van der Waals surface area (Å²) in [6.45, 7) is 2.54. The number of pyridine rings is 1. The summed E-state index contributed by atoms with van der Waals surface area (Å²) in [7, 11) is 0. The molecular formula is C15H15BrN2O3. The molecule has 110 valence electrons. The van der Waals surface area contributed by atoms with Gasteiger partial charge in [0, 0.05) is 22.4 Å². The lowest BCUT2D eigenvalue weighted by Crippen LogP contribution is -2.07. The molecule has 0 spiro atoms. The number of nitrogens with zero attached hydrogens (tertiary/aromatic N) is 1. The van der Waals surface area contributed by atoms with E-state index in [-0.39, 0.29) is 6.61 Å². The summed E-state index contributed by atoms with van der Waals surface area (Å²) in [6.07, 6.45) is 3.31. The maximum Gasteiger partial charge on any atom is 0.338 e. The number of anilines is 1. The van der Waals surface area contributed by atoms with E-state index < -0.39 is 5.97 Å². The lowest BCUT2D eigenvalue weighted by molar-refractivity contribution is 0.0472. The zero-order valence-corrected chi connectivity index (χ0v) is 13.1. The number of nitrogen functional groups attached to an aromatic ring is 1. The third kappa shape index (κ3) is 4.19. The van der Waals surface area contributed by atoms with Gasteiger partial charge in [0.25, 0.3) is 0 Å². The van der Waals surface area contributed by atoms with Crippen molar-refractivity contribution in [2.45, 2.75) is 13.5 Å². The van der Waals surface area contributed by atoms with Crippen molar-refractivity contribution in [3.8, 4) is 5.75 Å². The Morgan fingerprint density at radius 3 is 2.81 bits per heavy atom. The van der Waals surface area contributed by atoms with E-state index in [1.807, 2.05) is 13.0 Å². The minimum atomic E-state index is -0.440. The number of benzene rings is 1.